The summed E-state index contributed by atoms with van der Waals surface area (Å²) < 4.78 is 0. The first-order valence-corrected chi connectivity index (χ1v) is 6.69. The first-order chi connectivity index (χ1) is 9.74. The summed E-state index contributed by atoms with van der Waals surface area (Å²) in [5.41, 5.74) is 2.29. The van der Waals surface area contributed by atoms with Crippen LogP contribution in [0.4, 0.5) is 5.82 Å². The van der Waals surface area contributed by atoms with E-state index >= 15 is 0 Å². The first-order valence-electron chi connectivity index (χ1n) is 6.69. The van der Waals surface area contributed by atoms with Crippen molar-refractivity contribution in [1.29, 1.82) is 0 Å². The van der Waals surface area contributed by atoms with Crippen molar-refractivity contribution in [2.24, 2.45) is 0 Å². The van der Waals surface area contributed by atoms with Crippen molar-refractivity contribution in [1.82, 2.24) is 14.8 Å². The van der Waals surface area contributed by atoms with Gasteiger partial charge in [0, 0.05) is 58.1 Å². The van der Waals surface area contributed by atoms with Crippen molar-refractivity contribution in [3.8, 4) is 11.1 Å². The zero-order valence-electron chi connectivity index (χ0n) is 12.0. The second-order valence-electron chi connectivity index (χ2n) is 5.00. The number of nitrogens with zero attached hydrogens (tertiary/aromatic N) is 4. The minimum Gasteiger partial charge on any atom is -0.401 e. The van der Waals surface area contributed by atoms with Crippen LogP contribution in [0.2, 0.25) is 0 Å². The SMILES string of the molecule is CC(C)N1[B]N(c2cc(-c3ccncc3)ccn2)C=C1.[Pt]. The van der Waals surface area contributed by atoms with E-state index in [0.29, 0.717) is 6.04 Å². The fourth-order valence-corrected chi connectivity index (χ4v) is 2.09. The van der Waals surface area contributed by atoms with Crippen molar-refractivity contribution in [3.63, 3.8) is 0 Å². The van der Waals surface area contributed by atoms with E-state index < -0.39 is 0 Å². The molecule has 0 N–H and O–H groups in total. The third-order valence-electron chi connectivity index (χ3n) is 3.28. The van der Waals surface area contributed by atoms with Gasteiger partial charge in [-0.15, -0.1) is 0 Å². The van der Waals surface area contributed by atoms with E-state index in [1.54, 1.807) is 12.4 Å². The van der Waals surface area contributed by atoms with E-state index in [4.69, 9.17) is 0 Å². The predicted molar refractivity (Wildman–Crippen MR) is 81.8 cm³/mol. The van der Waals surface area contributed by atoms with Crippen LogP contribution >= 0.6 is 0 Å². The van der Waals surface area contributed by atoms with Crippen LogP contribution in [0.25, 0.3) is 11.1 Å². The Kier molecular flexibility index (Phi) is 5.19. The van der Waals surface area contributed by atoms with Crippen LogP contribution in [0.15, 0.2) is 55.3 Å². The molecule has 0 saturated heterocycles. The molecule has 1 aliphatic rings. The topological polar surface area (TPSA) is 32.3 Å². The molecular formula is C15H16BN4Pt. The van der Waals surface area contributed by atoms with Crippen molar-refractivity contribution in [3.05, 3.63) is 55.3 Å². The molecule has 0 aliphatic carbocycles. The van der Waals surface area contributed by atoms with Gasteiger partial charge in [0.2, 0.25) is 0 Å². The zero-order valence-corrected chi connectivity index (χ0v) is 14.2. The molecule has 109 valence electrons. The van der Waals surface area contributed by atoms with Gasteiger partial charge in [0.25, 0.3) is 0 Å². The zero-order chi connectivity index (χ0) is 13.9. The van der Waals surface area contributed by atoms with Crippen LogP contribution in [-0.2, 0) is 21.1 Å². The summed E-state index contributed by atoms with van der Waals surface area (Å²) in [6, 6.07) is 8.55. The summed E-state index contributed by atoms with van der Waals surface area (Å²) in [5, 5.41) is 0. The van der Waals surface area contributed by atoms with Gasteiger partial charge >= 0.3 is 7.55 Å². The van der Waals surface area contributed by atoms with Gasteiger partial charge in [-0.2, -0.15) is 0 Å². The Labute approximate surface area is 140 Å². The van der Waals surface area contributed by atoms with Crippen LogP contribution in [0, 0.1) is 0 Å². The molecule has 4 nitrogen and oxygen atoms in total. The van der Waals surface area contributed by atoms with E-state index in [2.05, 4.69) is 48.4 Å². The average molecular weight is 458 g/mol. The van der Waals surface area contributed by atoms with E-state index in [1.807, 2.05) is 35.4 Å². The maximum Gasteiger partial charge on any atom is 0.396 e. The maximum atomic E-state index is 4.44. The molecule has 3 heterocycles. The van der Waals surface area contributed by atoms with E-state index in [-0.39, 0.29) is 21.1 Å². The summed E-state index contributed by atoms with van der Waals surface area (Å²) >= 11 is 0. The third-order valence-corrected chi connectivity index (χ3v) is 3.28. The molecular weight excluding hydrogens is 442 g/mol. The Morgan fingerprint density at radius 1 is 1.00 bits per heavy atom. The molecule has 0 bridgehead atoms. The molecule has 2 aromatic heterocycles. The standard InChI is InChI=1S/C15H16BN4.Pt/c1-12(2)19-9-10-20(16-19)15-11-14(5-8-18-15)13-3-6-17-7-4-13;/h3-12H,1-2H3;. The minimum atomic E-state index is 0. The Balaban J connectivity index is 0.00000161. The Bertz CT molecular complexity index is 618. The number of rotatable bonds is 3. The number of aromatic nitrogens is 2. The average Bonchev–Trinajstić information content (AvgIpc) is 2.98. The van der Waals surface area contributed by atoms with Crippen LogP contribution in [0.3, 0.4) is 0 Å². The molecule has 21 heavy (non-hydrogen) atoms. The minimum absolute atomic E-state index is 0. The molecule has 0 atom stereocenters. The van der Waals surface area contributed by atoms with E-state index in [9.17, 15) is 0 Å². The molecule has 0 fully saturated rings. The number of pyridine rings is 2. The van der Waals surface area contributed by atoms with E-state index in [0.717, 1.165) is 16.9 Å². The Morgan fingerprint density at radius 3 is 2.38 bits per heavy atom. The fourth-order valence-electron chi connectivity index (χ4n) is 2.09. The molecule has 1 radical (unpaired) electrons. The third kappa shape index (κ3) is 3.54. The predicted octanol–water partition coefficient (Wildman–Crippen LogP) is 2.68. The summed E-state index contributed by atoms with van der Waals surface area (Å²) in [6.07, 6.45) is 9.53. The first kappa shape index (κ1) is 15.8. The number of hydrogen-bond donors (Lipinski definition) is 0. The molecule has 3 rings (SSSR count). The van der Waals surface area contributed by atoms with Gasteiger partial charge in [0.1, 0.15) is 5.82 Å². The van der Waals surface area contributed by atoms with Gasteiger partial charge < -0.3 is 9.62 Å². The van der Waals surface area contributed by atoms with Crippen molar-refractivity contribution in [2.45, 2.75) is 19.9 Å². The monoisotopic (exact) mass is 458 g/mol. The van der Waals surface area contributed by atoms with Crippen LogP contribution in [0.1, 0.15) is 13.8 Å². The van der Waals surface area contributed by atoms with Crippen LogP contribution in [0.5, 0.6) is 0 Å². The summed E-state index contributed by atoms with van der Waals surface area (Å²) in [4.78, 5) is 12.7. The molecule has 0 saturated carbocycles. The van der Waals surface area contributed by atoms with Crippen LogP contribution < -0.4 is 4.81 Å². The molecule has 0 unspecified atom stereocenters. The molecule has 0 amide bonds. The fraction of sp³-hybridized carbons (Fsp3) is 0.200. The van der Waals surface area contributed by atoms with Crippen LogP contribution in [-0.4, -0.2) is 28.4 Å². The maximum absolute atomic E-state index is 4.44. The Morgan fingerprint density at radius 2 is 1.71 bits per heavy atom. The second-order valence-corrected chi connectivity index (χ2v) is 5.00. The van der Waals surface area contributed by atoms with Crippen molar-refractivity contribution >= 4 is 13.4 Å². The van der Waals surface area contributed by atoms with E-state index in [1.165, 1.54) is 0 Å². The quantitative estimate of drug-likeness (QED) is 0.663. The molecule has 0 spiro atoms. The summed E-state index contributed by atoms with van der Waals surface area (Å²) in [7, 11) is 2.06. The second kappa shape index (κ2) is 6.90. The van der Waals surface area contributed by atoms with Crippen molar-refractivity contribution < 1.29 is 21.1 Å². The number of hydrogen-bond acceptors (Lipinski definition) is 4. The van der Waals surface area contributed by atoms with Gasteiger partial charge in [0.05, 0.1) is 0 Å². The molecule has 6 heteroatoms. The number of anilines is 1. The van der Waals surface area contributed by atoms with Crippen molar-refractivity contribution in [2.75, 3.05) is 4.81 Å². The van der Waals surface area contributed by atoms with Gasteiger partial charge in [-0.05, 0) is 49.2 Å². The Hall–Kier alpha value is -1.61. The van der Waals surface area contributed by atoms with Gasteiger partial charge in [-0.25, -0.2) is 4.98 Å². The van der Waals surface area contributed by atoms with Gasteiger partial charge in [-0.3, -0.25) is 4.98 Å². The molecule has 0 aromatic carbocycles. The summed E-state index contributed by atoms with van der Waals surface area (Å²) in [6.45, 7) is 4.32. The largest absolute Gasteiger partial charge is 0.401 e. The normalized spacial score (nSPS) is 13.3. The molecule has 1 aliphatic heterocycles. The summed E-state index contributed by atoms with van der Waals surface area (Å²) in [5.74, 6) is 0.915. The smallest absolute Gasteiger partial charge is 0.396 e. The molecule has 2 aromatic rings. The van der Waals surface area contributed by atoms with Gasteiger partial charge in [0.15, 0.2) is 0 Å². The van der Waals surface area contributed by atoms with Gasteiger partial charge in [-0.1, -0.05) is 0 Å².